The summed E-state index contributed by atoms with van der Waals surface area (Å²) in [5.41, 5.74) is 2.22. The molecule has 0 spiro atoms. The van der Waals surface area contributed by atoms with E-state index in [2.05, 4.69) is 0 Å². The average molecular weight is 566 g/mol. The number of furan rings is 1. The topological polar surface area (TPSA) is 89.2 Å². The Hall–Kier alpha value is -5.01. The van der Waals surface area contributed by atoms with Crippen LogP contribution in [0.2, 0.25) is 5.02 Å². The van der Waals surface area contributed by atoms with Crippen LogP contribution in [0, 0.1) is 6.92 Å². The smallest absolute Gasteiger partial charge is 0.294 e. The number of fused-ring (bicyclic) bond motifs is 1. The van der Waals surface area contributed by atoms with Gasteiger partial charge in [-0.05, 0) is 66.6 Å². The molecule has 2 heterocycles. The Kier molecular flexibility index (Phi) is 6.73. The minimum Gasteiger partial charge on any atom is -0.503 e. The van der Waals surface area contributed by atoms with Crippen molar-refractivity contribution in [1.82, 2.24) is 0 Å². The summed E-state index contributed by atoms with van der Waals surface area (Å²) in [5, 5.41) is 12.2. The summed E-state index contributed by atoms with van der Waals surface area (Å²) in [7, 11) is 1.47. The molecule has 0 saturated heterocycles. The minimum absolute atomic E-state index is 0.0669. The molecule has 8 heteroatoms. The molecule has 5 aromatic rings. The largest absolute Gasteiger partial charge is 0.503 e. The second-order valence-corrected chi connectivity index (χ2v) is 10.1. The number of anilines is 1. The molecule has 1 atom stereocenters. The molecule has 0 radical (unpaired) electrons. The molecular formula is C33H24ClNO6. The number of benzene rings is 4. The predicted octanol–water partition coefficient (Wildman–Crippen LogP) is 7.98. The fraction of sp³-hybridized carbons (Fsp3) is 0.0909. The van der Waals surface area contributed by atoms with Gasteiger partial charge in [-0.2, -0.15) is 0 Å². The summed E-state index contributed by atoms with van der Waals surface area (Å²) in [4.78, 5) is 29.1. The zero-order valence-electron chi connectivity index (χ0n) is 22.1. The van der Waals surface area contributed by atoms with Crippen molar-refractivity contribution in [2.75, 3.05) is 12.0 Å². The van der Waals surface area contributed by atoms with Gasteiger partial charge in [-0.1, -0.05) is 54.1 Å². The quantitative estimate of drug-likeness (QED) is 0.201. The number of carbonyl (C=O) groups excluding carboxylic acids is 2. The highest BCUT2D eigenvalue weighted by atomic mass is 35.5. The summed E-state index contributed by atoms with van der Waals surface area (Å²) in [6.45, 7) is 1.90. The number of para-hydroxylation sites is 1. The van der Waals surface area contributed by atoms with E-state index in [1.807, 2.05) is 55.5 Å². The number of methoxy groups -OCH3 is 1. The second-order valence-electron chi connectivity index (χ2n) is 9.63. The fourth-order valence-corrected chi connectivity index (χ4v) is 5.27. The third-order valence-corrected chi connectivity index (χ3v) is 7.09. The molecule has 0 fully saturated rings. The lowest BCUT2D eigenvalue weighted by molar-refractivity contribution is -0.117. The Morgan fingerprint density at radius 1 is 0.927 bits per heavy atom. The van der Waals surface area contributed by atoms with E-state index in [0.29, 0.717) is 44.5 Å². The number of rotatable bonds is 7. The van der Waals surface area contributed by atoms with Crippen molar-refractivity contribution in [2.24, 2.45) is 0 Å². The van der Waals surface area contributed by atoms with E-state index in [1.165, 1.54) is 18.1 Å². The molecule has 41 heavy (non-hydrogen) atoms. The van der Waals surface area contributed by atoms with E-state index in [0.717, 1.165) is 5.56 Å². The molecule has 1 N–H and O–H groups in total. The summed E-state index contributed by atoms with van der Waals surface area (Å²) in [6.07, 6.45) is 0. The van der Waals surface area contributed by atoms with Gasteiger partial charge in [0.25, 0.3) is 5.91 Å². The van der Waals surface area contributed by atoms with E-state index < -0.39 is 23.5 Å². The Morgan fingerprint density at radius 3 is 2.44 bits per heavy atom. The molecule has 4 aromatic carbocycles. The maximum atomic E-state index is 14.1. The Bertz CT molecular complexity index is 1840. The number of hydrogen-bond donors (Lipinski definition) is 1. The van der Waals surface area contributed by atoms with Crippen molar-refractivity contribution >= 4 is 39.9 Å². The number of ketones is 1. The summed E-state index contributed by atoms with van der Waals surface area (Å²) in [5.74, 6) is -0.561. The van der Waals surface area contributed by atoms with Crippen molar-refractivity contribution in [3.8, 4) is 17.2 Å². The van der Waals surface area contributed by atoms with Gasteiger partial charge in [0, 0.05) is 22.2 Å². The number of nitrogens with zero attached hydrogens (tertiary/aromatic N) is 1. The maximum Gasteiger partial charge on any atom is 0.294 e. The first kappa shape index (κ1) is 26.2. The van der Waals surface area contributed by atoms with Gasteiger partial charge < -0.3 is 19.0 Å². The van der Waals surface area contributed by atoms with Crippen LogP contribution < -0.4 is 14.4 Å². The third kappa shape index (κ3) is 4.81. The van der Waals surface area contributed by atoms with Gasteiger partial charge in [0.2, 0.25) is 5.78 Å². The molecule has 7 nitrogen and oxygen atoms in total. The first-order valence-electron chi connectivity index (χ1n) is 12.8. The van der Waals surface area contributed by atoms with Crippen molar-refractivity contribution in [1.29, 1.82) is 0 Å². The van der Waals surface area contributed by atoms with Gasteiger partial charge >= 0.3 is 0 Å². The highest BCUT2D eigenvalue weighted by Gasteiger charge is 2.45. The van der Waals surface area contributed by atoms with Crippen LogP contribution in [-0.4, -0.2) is 23.9 Å². The fourth-order valence-electron chi connectivity index (χ4n) is 5.05. The molecule has 0 aliphatic carbocycles. The van der Waals surface area contributed by atoms with Crippen LogP contribution in [0.25, 0.3) is 11.0 Å². The predicted molar refractivity (Wildman–Crippen MR) is 156 cm³/mol. The molecule has 0 saturated carbocycles. The van der Waals surface area contributed by atoms with Crippen molar-refractivity contribution in [3.05, 3.63) is 130 Å². The van der Waals surface area contributed by atoms with Crippen LogP contribution in [0.1, 0.15) is 27.7 Å². The van der Waals surface area contributed by atoms with E-state index in [9.17, 15) is 14.7 Å². The molecule has 6 rings (SSSR count). The van der Waals surface area contributed by atoms with Crippen LogP contribution in [0.3, 0.4) is 0 Å². The van der Waals surface area contributed by atoms with E-state index in [1.54, 1.807) is 42.5 Å². The zero-order chi connectivity index (χ0) is 28.7. The number of halogens is 1. The molecule has 204 valence electrons. The summed E-state index contributed by atoms with van der Waals surface area (Å²) < 4.78 is 17.3. The number of ether oxygens (including phenoxy) is 2. The van der Waals surface area contributed by atoms with Crippen LogP contribution in [0.4, 0.5) is 5.69 Å². The maximum absolute atomic E-state index is 14.1. The number of hydrogen-bond acceptors (Lipinski definition) is 6. The van der Waals surface area contributed by atoms with Crippen LogP contribution in [0.5, 0.6) is 17.2 Å². The molecule has 1 aliphatic heterocycles. The Balaban J connectivity index is 1.48. The van der Waals surface area contributed by atoms with Gasteiger partial charge in [-0.15, -0.1) is 0 Å². The molecular weight excluding hydrogens is 542 g/mol. The van der Waals surface area contributed by atoms with E-state index in [-0.39, 0.29) is 11.3 Å². The first-order valence-corrected chi connectivity index (χ1v) is 13.2. The van der Waals surface area contributed by atoms with Gasteiger partial charge in [-0.3, -0.25) is 14.5 Å². The molecule has 1 aromatic heterocycles. The van der Waals surface area contributed by atoms with Gasteiger partial charge in [0.05, 0.1) is 18.7 Å². The Labute approximate surface area is 240 Å². The summed E-state index contributed by atoms with van der Waals surface area (Å²) in [6, 6.07) is 27.5. The standard InChI is InChI=1S/C33H24ClNO6/c1-19-8-6-10-23(14-19)35-29(20-9-7-13-25(16-20)40-24-11-4-3-5-12-24)28(31(37)33(35)38)30(36)26-17-21-15-22(34)18-27(39-2)32(21)41-26/h3-18,29,37H,1-2H3. The van der Waals surface area contributed by atoms with Gasteiger partial charge in [0.15, 0.2) is 22.9 Å². The molecule has 1 aliphatic rings. The van der Waals surface area contributed by atoms with Gasteiger partial charge in [-0.25, -0.2) is 0 Å². The molecule has 1 amide bonds. The third-order valence-electron chi connectivity index (χ3n) is 6.88. The van der Waals surface area contributed by atoms with Crippen LogP contribution in [0.15, 0.2) is 113 Å². The molecule has 1 unspecified atom stereocenters. The van der Waals surface area contributed by atoms with Crippen molar-refractivity contribution < 1.29 is 28.6 Å². The average Bonchev–Trinajstić information content (AvgIpc) is 3.51. The monoisotopic (exact) mass is 565 g/mol. The van der Waals surface area contributed by atoms with Crippen LogP contribution in [-0.2, 0) is 4.79 Å². The zero-order valence-corrected chi connectivity index (χ0v) is 22.9. The van der Waals surface area contributed by atoms with Crippen LogP contribution >= 0.6 is 11.6 Å². The lowest BCUT2D eigenvalue weighted by atomic mass is 9.94. The lowest BCUT2D eigenvalue weighted by Crippen LogP contribution is -2.31. The number of aryl methyl sites for hydroxylation is 1. The van der Waals surface area contributed by atoms with Gasteiger partial charge in [0.1, 0.15) is 11.5 Å². The first-order chi connectivity index (χ1) is 19.8. The second kappa shape index (κ2) is 10.5. The number of Topliss-reactive ketones (excluding diaryl/α,β-unsaturated/α-hetero) is 1. The van der Waals surface area contributed by atoms with E-state index >= 15 is 0 Å². The SMILES string of the molecule is COc1cc(Cl)cc2cc(C(=O)C3=C(O)C(=O)N(c4cccc(C)c4)C3c3cccc(Oc4ccccc4)c3)oc12. The van der Waals surface area contributed by atoms with Crippen molar-refractivity contribution in [2.45, 2.75) is 13.0 Å². The van der Waals surface area contributed by atoms with Crippen molar-refractivity contribution in [3.63, 3.8) is 0 Å². The number of carbonyl (C=O) groups is 2. The normalized spacial score (nSPS) is 15.0. The number of aliphatic hydroxyl groups excluding tert-OH is 1. The number of aliphatic hydroxyl groups is 1. The Morgan fingerprint density at radius 2 is 1.68 bits per heavy atom. The lowest BCUT2D eigenvalue weighted by Gasteiger charge is -2.27. The highest BCUT2D eigenvalue weighted by molar-refractivity contribution is 6.31. The number of amides is 1. The minimum atomic E-state index is -0.963. The molecule has 0 bridgehead atoms. The highest BCUT2D eigenvalue weighted by Crippen LogP contribution is 2.44. The van der Waals surface area contributed by atoms with E-state index in [4.69, 9.17) is 25.5 Å². The summed E-state index contributed by atoms with van der Waals surface area (Å²) >= 11 is 6.22.